The molecule has 1 amide bonds. The molecule has 3 aromatic rings. The molecule has 0 aromatic heterocycles. The average Bonchev–Trinajstić information content (AvgIpc) is 2.70. The first-order valence-electron chi connectivity index (χ1n) is 8.43. The summed E-state index contributed by atoms with van der Waals surface area (Å²) >= 11 is 5.68. The van der Waals surface area contributed by atoms with E-state index in [9.17, 15) is 22.0 Å². The number of rotatable bonds is 6. The lowest BCUT2D eigenvalue weighted by atomic mass is 10.2. The lowest BCUT2D eigenvalue weighted by Gasteiger charge is -2.14. The van der Waals surface area contributed by atoms with Gasteiger partial charge >= 0.3 is 0 Å². The molecule has 0 aliphatic heterocycles. The number of hydrogen-bond donors (Lipinski definition) is 2. The number of ether oxygens (including phenoxy) is 1. The molecule has 0 unspecified atom stereocenters. The summed E-state index contributed by atoms with van der Waals surface area (Å²) in [6, 6.07) is 12.5. The topological polar surface area (TPSA) is 84.5 Å². The summed E-state index contributed by atoms with van der Waals surface area (Å²) in [5.74, 6) is -2.03. The van der Waals surface area contributed by atoms with Gasteiger partial charge in [-0.3, -0.25) is 9.52 Å². The van der Waals surface area contributed by atoms with E-state index in [0.29, 0.717) is 0 Å². The highest BCUT2D eigenvalue weighted by Gasteiger charge is 2.19. The zero-order chi connectivity index (χ0) is 21.9. The Bertz CT molecular complexity index is 1220. The van der Waals surface area contributed by atoms with Crippen LogP contribution in [0.2, 0.25) is 5.02 Å². The van der Waals surface area contributed by atoms with E-state index in [1.54, 1.807) is 0 Å². The van der Waals surface area contributed by atoms with E-state index < -0.39 is 27.6 Å². The first-order chi connectivity index (χ1) is 14.2. The summed E-state index contributed by atoms with van der Waals surface area (Å²) in [5.41, 5.74) is -0.146. The first-order valence-corrected chi connectivity index (χ1v) is 10.3. The van der Waals surface area contributed by atoms with E-state index in [-0.39, 0.29) is 32.6 Å². The Morgan fingerprint density at radius 3 is 2.40 bits per heavy atom. The van der Waals surface area contributed by atoms with Gasteiger partial charge in [0.1, 0.15) is 17.4 Å². The molecule has 0 bridgehead atoms. The quantitative estimate of drug-likeness (QED) is 0.568. The maximum absolute atomic E-state index is 13.9. The van der Waals surface area contributed by atoms with E-state index in [4.69, 9.17) is 16.3 Å². The number of carbonyl (C=O) groups is 1. The molecule has 3 aromatic carbocycles. The Hall–Kier alpha value is -3.17. The summed E-state index contributed by atoms with van der Waals surface area (Å²) in [6.07, 6.45) is 0. The second kappa shape index (κ2) is 8.68. The zero-order valence-electron chi connectivity index (χ0n) is 15.4. The van der Waals surface area contributed by atoms with Gasteiger partial charge in [0, 0.05) is 0 Å². The molecular weight excluding hydrogens is 438 g/mol. The number of methoxy groups -OCH3 is 1. The maximum Gasteiger partial charge on any atom is 0.261 e. The summed E-state index contributed by atoms with van der Waals surface area (Å²) in [6.45, 7) is 0. The van der Waals surface area contributed by atoms with Gasteiger partial charge < -0.3 is 10.1 Å². The molecule has 30 heavy (non-hydrogen) atoms. The standard InChI is InChI=1S/C20H15ClF2N2O4S/c1-29-19-9-7-13(30(27,28)25-12-6-8-17(23)15(21)10-12)11-18(19)24-20(26)14-4-2-3-5-16(14)22/h2-11,25H,1H3,(H,24,26). The van der Waals surface area contributed by atoms with Crippen LogP contribution in [0.3, 0.4) is 0 Å². The van der Waals surface area contributed by atoms with Gasteiger partial charge in [0.05, 0.1) is 34.0 Å². The fourth-order valence-corrected chi connectivity index (χ4v) is 3.82. The van der Waals surface area contributed by atoms with Gasteiger partial charge in [0.15, 0.2) is 0 Å². The van der Waals surface area contributed by atoms with Crippen LogP contribution in [0.1, 0.15) is 10.4 Å². The van der Waals surface area contributed by atoms with Crippen molar-refractivity contribution in [2.75, 3.05) is 17.1 Å². The van der Waals surface area contributed by atoms with Crippen LogP contribution < -0.4 is 14.8 Å². The SMILES string of the molecule is COc1ccc(S(=O)(=O)Nc2ccc(F)c(Cl)c2)cc1NC(=O)c1ccccc1F. The van der Waals surface area contributed by atoms with Crippen LogP contribution in [0, 0.1) is 11.6 Å². The number of sulfonamides is 1. The van der Waals surface area contributed by atoms with E-state index in [2.05, 4.69) is 10.0 Å². The van der Waals surface area contributed by atoms with Gasteiger partial charge in [-0.25, -0.2) is 17.2 Å². The van der Waals surface area contributed by atoms with Crippen molar-refractivity contribution < 1.29 is 26.7 Å². The second-order valence-corrected chi connectivity index (χ2v) is 8.12. The van der Waals surface area contributed by atoms with Crippen molar-refractivity contribution in [3.05, 3.63) is 82.9 Å². The number of benzene rings is 3. The molecule has 0 atom stereocenters. The average molecular weight is 453 g/mol. The molecule has 0 spiro atoms. The van der Waals surface area contributed by atoms with Crippen LogP contribution in [-0.2, 0) is 10.0 Å². The molecule has 0 heterocycles. The number of halogens is 3. The Kier molecular flexibility index (Phi) is 6.23. The van der Waals surface area contributed by atoms with Gasteiger partial charge in [-0.15, -0.1) is 0 Å². The Balaban J connectivity index is 1.92. The molecule has 156 valence electrons. The Morgan fingerprint density at radius 1 is 1.00 bits per heavy atom. The fraction of sp³-hybridized carbons (Fsp3) is 0.0500. The molecular formula is C20H15ClF2N2O4S. The number of anilines is 2. The van der Waals surface area contributed by atoms with Gasteiger partial charge in [-0.05, 0) is 48.5 Å². The van der Waals surface area contributed by atoms with Crippen molar-refractivity contribution in [3.63, 3.8) is 0 Å². The second-order valence-electron chi connectivity index (χ2n) is 6.03. The maximum atomic E-state index is 13.9. The van der Waals surface area contributed by atoms with Crippen LogP contribution in [0.5, 0.6) is 5.75 Å². The minimum atomic E-state index is -4.11. The van der Waals surface area contributed by atoms with Crippen molar-refractivity contribution in [1.29, 1.82) is 0 Å². The van der Waals surface area contributed by atoms with Crippen LogP contribution in [0.25, 0.3) is 0 Å². The van der Waals surface area contributed by atoms with Crippen molar-refractivity contribution >= 4 is 38.9 Å². The lowest BCUT2D eigenvalue weighted by Crippen LogP contribution is -2.16. The van der Waals surface area contributed by atoms with Gasteiger partial charge in [0.2, 0.25) is 0 Å². The molecule has 0 saturated heterocycles. The van der Waals surface area contributed by atoms with E-state index >= 15 is 0 Å². The van der Waals surface area contributed by atoms with E-state index in [0.717, 1.165) is 24.3 Å². The molecule has 0 aliphatic carbocycles. The molecule has 10 heteroatoms. The predicted octanol–water partition coefficient (Wildman–Crippen LogP) is 4.68. The fourth-order valence-electron chi connectivity index (χ4n) is 2.56. The summed E-state index contributed by atoms with van der Waals surface area (Å²) in [4.78, 5) is 12.2. The predicted molar refractivity (Wildman–Crippen MR) is 110 cm³/mol. The molecule has 6 nitrogen and oxygen atoms in total. The minimum Gasteiger partial charge on any atom is -0.495 e. The molecule has 3 rings (SSSR count). The van der Waals surface area contributed by atoms with E-state index in [1.165, 1.54) is 43.5 Å². The number of amides is 1. The Labute approximate surface area is 176 Å². The van der Waals surface area contributed by atoms with Crippen molar-refractivity contribution in [2.24, 2.45) is 0 Å². The Morgan fingerprint density at radius 2 is 1.73 bits per heavy atom. The monoisotopic (exact) mass is 452 g/mol. The molecule has 0 aliphatic rings. The van der Waals surface area contributed by atoms with Crippen LogP contribution >= 0.6 is 11.6 Å². The molecule has 0 saturated carbocycles. The van der Waals surface area contributed by atoms with Crippen LogP contribution in [0.4, 0.5) is 20.2 Å². The third-order valence-electron chi connectivity index (χ3n) is 4.02. The summed E-state index contributed by atoms with van der Waals surface area (Å²) in [7, 11) is -2.78. The number of carbonyl (C=O) groups excluding carboxylic acids is 1. The highest BCUT2D eigenvalue weighted by Crippen LogP contribution is 2.29. The van der Waals surface area contributed by atoms with Crippen LogP contribution in [-0.4, -0.2) is 21.4 Å². The van der Waals surface area contributed by atoms with Crippen molar-refractivity contribution in [2.45, 2.75) is 4.90 Å². The molecule has 2 N–H and O–H groups in total. The third-order valence-corrected chi connectivity index (χ3v) is 5.69. The smallest absolute Gasteiger partial charge is 0.261 e. The number of hydrogen-bond acceptors (Lipinski definition) is 4. The van der Waals surface area contributed by atoms with Crippen molar-refractivity contribution in [3.8, 4) is 5.75 Å². The van der Waals surface area contributed by atoms with Crippen molar-refractivity contribution in [1.82, 2.24) is 0 Å². The first kappa shape index (κ1) is 21.5. The van der Waals surface area contributed by atoms with Crippen LogP contribution in [0.15, 0.2) is 65.6 Å². The summed E-state index contributed by atoms with van der Waals surface area (Å²) < 4.78 is 60.0. The number of nitrogens with one attached hydrogen (secondary N) is 2. The van der Waals surface area contributed by atoms with Gasteiger partial charge in [-0.2, -0.15) is 0 Å². The van der Waals surface area contributed by atoms with Gasteiger partial charge in [-0.1, -0.05) is 23.7 Å². The largest absolute Gasteiger partial charge is 0.495 e. The minimum absolute atomic E-state index is 0.0192. The highest BCUT2D eigenvalue weighted by atomic mass is 35.5. The summed E-state index contributed by atoms with van der Waals surface area (Å²) in [5, 5.41) is 2.20. The third kappa shape index (κ3) is 4.69. The normalized spacial score (nSPS) is 11.1. The van der Waals surface area contributed by atoms with Gasteiger partial charge in [0.25, 0.3) is 15.9 Å². The lowest BCUT2D eigenvalue weighted by molar-refractivity contribution is 0.102. The molecule has 0 radical (unpaired) electrons. The zero-order valence-corrected chi connectivity index (χ0v) is 17.0. The van der Waals surface area contributed by atoms with E-state index in [1.807, 2.05) is 0 Å². The molecule has 0 fully saturated rings. The highest BCUT2D eigenvalue weighted by molar-refractivity contribution is 7.92.